The lowest BCUT2D eigenvalue weighted by Crippen LogP contribution is -2.30. The van der Waals surface area contributed by atoms with Crippen molar-refractivity contribution in [2.75, 3.05) is 13.2 Å². The summed E-state index contributed by atoms with van der Waals surface area (Å²) in [6.45, 7) is 6.44. The van der Waals surface area contributed by atoms with Crippen molar-refractivity contribution < 1.29 is 28.6 Å². The van der Waals surface area contributed by atoms with Crippen molar-refractivity contribution in [3.05, 3.63) is 72.9 Å². The molecule has 368 valence electrons. The van der Waals surface area contributed by atoms with E-state index in [0.717, 1.165) is 70.6 Å². The Morgan fingerprint density at radius 2 is 0.688 bits per heavy atom. The maximum Gasteiger partial charge on any atom is 0.306 e. The molecule has 0 saturated carbocycles. The molecule has 0 amide bonds. The monoisotopic (exact) mass is 893 g/mol. The Balaban J connectivity index is 4.41. The Morgan fingerprint density at radius 3 is 1.16 bits per heavy atom. The maximum atomic E-state index is 12.8. The minimum Gasteiger partial charge on any atom is -0.462 e. The number of carbonyl (C=O) groups is 3. The van der Waals surface area contributed by atoms with Gasteiger partial charge in [0.15, 0.2) is 6.10 Å². The quantitative estimate of drug-likeness (QED) is 0.0199. The molecule has 0 heterocycles. The SMILES string of the molecule is CC/C=C\C/C=C\CCCCCCCCCC(=O)OC(COC(=O)CC/C=C\C/C=C\CCCCCCCC)COC(=O)CCCCCCCCCCCC/C=C\C=C/CCCCC. The van der Waals surface area contributed by atoms with Crippen LogP contribution in [0.2, 0.25) is 0 Å². The third-order valence-electron chi connectivity index (χ3n) is 11.5. The molecule has 0 aliphatic rings. The van der Waals surface area contributed by atoms with Gasteiger partial charge in [0.1, 0.15) is 13.2 Å². The van der Waals surface area contributed by atoms with Crippen LogP contribution in [0.5, 0.6) is 0 Å². The minimum absolute atomic E-state index is 0.0973. The highest BCUT2D eigenvalue weighted by atomic mass is 16.6. The molecule has 0 aromatic heterocycles. The molecule has 1 unspecified atom stereocenters. The van der Waals surface area contributed by atoms with Gasteiger partial charge in [-0.3, -0.25) is 14.4 Å². The van der Waals surface area contributed by atoms with Gasteiger partial charge >= 0.3 is 17.9 Å². The van der Waals surface area contributed by atoms with Crippen LogP contribution in [-0.2, 0) is 28.6 Å². The highest BCUT2D eigenvalue weighted by Gasteiger charge is 2.19. The Hall–Kier alpha value is -3.15. The van der Waals surface area contributed by atoms with Crippen LogP contribution in [0.25, 0.3) is 0 Å². The zero-order valence-electron chi connectivity index (χ0n) is 42.0. The second-order valence-corrected chi connectivity index (χ2v) is 17.8. The molecule has 0 aliphatic heterocycles. The largest absolute Gasteiger partial charge is 0.462 e. The van der Waals surface area contributed by atoms with Gasteiger partial charge in [-0.2, -0.15) is 0 Å². The van der Waals surface area contributed by atoms with E-state index in [9.17, 15) is 14.4 Å². The van der Waals surface area contributed by atoms with Gasteiger partial charge in [-0.05, 0) is 89.9 Å². The lowest BCUT2D eigenvalue weighted by atomic mass is 10.1. The van der Waals surface area contributed by atoms with Gasteiger partial charge in [0.25, 0.3) is 0 Å². The van der Waals surface area contributed by atoms with E-state index in [1.54, 1.807) is 0 Å². The number of esters is 3. The van der Waals surface area contributed by atoms with Gasteiger partial charge < -0.3 is 14.2 Å². The van der Waals surface area contributed by atoms with E-state index in [0.29, 0.717) is 19.3 Å². The lowest BCUT2D eigenvalue weighted by Gasteiger charge is -2.18. The van der Waals surface area contributed by atoms with Crippen molar-refractivity contribution in [3.63, 3.8) is 0 Å². The molecule has 64 heavy (non-hydrogen) atoms. The highest BCUT2D eigenvalue weighted by Crippen LogP contribution is 2.15. The summed E-state index contributed by atoms with van der Waals surface area (Å²) in [5, 5.41) is 0. The number of ether oxygens (including phenoxy) is 3. The molecule has 0 bridgehead atoms. The first-order chi connectivity index (χ1) is 31.5. The van der Waals surface area contributed by atoms with Gasteiger partial charge in [0.2, 0.25) is 0 Å². The van der Waals surface area contributed by atoms with Gasteiger partial charge in [0, 0.05) is 19.3 Å². The minimum atomic E-state index is -0.803. The van der Waals surface area contributed by atoms with Crippen LogP contribution >= 0.6 is 0 Å². The summed E-state index contributed by atoms with van der Waals surface area (Å²) in [4.78, 5) is 38.0. The van der Waals surface area contributed by atoms with Crippen LogP contribution in [-0.4, -0.2) is 37.2 Å². The fraction of sp³-hybridized carbons (Fsp3) is 0.741. The molecule has 0 spiro atoms. The molecule has 0 aromatic rings. The molecule has 6 heteroatoms. The van der Waals surface area contributed by atoms with E-state index in [-0.39, 0.29) is 37.5 Å². The average Bonchev–Trinajstić information content (AvgIpc) is 3.29. The summed E-state index contributed by atoms with van der Waals surface area (Å²) in [6.07, 6.45) is 66.1. The predicted molar refractivity (Wildman–Crippen MR) is 274 cm³/mol. The van der Waals surface area contributed by atoms with E-state index in [1.165, 1.54) is 141 Å². The molecule has 0 radical (unpaired) electrons. The lowest BCUT2D eigenvalue weighted by molar-refractivity contribution is -0.166. The van der Waals surface area contributed by atoms with E-state index in [2.05, 4.69) is 87.6 Å². The van der Waals surface area contributed by atoms with Crippen molar-refractivity contribution in [2.24, 2.45) is 0 Å². The number of allylic oxidation sites excluding steroid dienone is 12. The summed E-state index contributed by atoms with van der Waals surface area (Å²) in [5.41, 5.74) is 0. The highest BCUT2D eigenvalue weighted by molar-refractivity contribution is 5.71. The average molecular weight is 893 g/mol. The molecule has 0 aromatic carbocycles. The summed E-state index contributed by atoms with van der Waals surface area (Å²) >= 11 is 0. The zero-order chi connectivity index (χ0) is 46.5. The van der Waals surface area contributed by atoms with E-state index in [1.807, 2.05) is 6.08 Å². The standard InChI is InChI=1S/C58H100O6/c1-4-7-10-13-16-19-22-25-27-28-29-30-31-34-36-39-42-45-48-51-57(60)63-54-55(53-62-56(59)50-47-44-41-38-35-32-24-21-18-15-12-9-6-3)64-58(61)52-49-46-43-40-37-33-26-23-20-17-14-11-8-5-2/h8,11,16-17,19-20,22,25,32,35,41,44,55H,4-7,9-10,12-15,18,21,23-24,26-31,33-34,36-40,42-43,45-54H2,1-3H3/b11-8-,19-16-,20-17-,25-22-,35-32-,44-41-. The van der Waals surface area contributed by atoms with Crippen molar-refractivity contribution in [1.82, 2.24) is 0 Å². The van der Waals surface area contributed by atoms with Crippen molar-refractivity contribution in [2.45, 2.75) is 264 Å². The van der Waals surface area contributed by atoms with Crippen LogP contribution in [0.15, 0.2) is 72.9 Å². The molecule has 0 N–H and O–H groups in total. The Kier molecular flexibility index (Phi) is 49.9. The van der Waals surface area contributed by atoms with E-state index < -0.39 is 6.10 Å². The Labute approximate surface area is 395 Å². The molecular formula is C58H100O6. The first kappa shape index (κ1) is 60.9. The summed E-state index contributed by atoms with van der Waals surface area (Å²) in [7, 11) is 0. The Morgan fingerprint density at radius 1 is 0.344 bits per heavy atom. The van der Waals surface area contributed by atoms with Crippen LogP contribution in [0.1, 0.15) is 258 Å². The van der Waals surface area contributed by atoms with Crippen LogP contribution in [0.3, 0.4) is 0 Å². The third kappa shape index (κ3) is 49.9. The molecule has 0 fully saturated rings. The zero-order valence-corrected chi connectivity index (χ0v) is 42.0. The summed E-state index contributed by atoms with van der Waals surface area (Å²) < 4.78 is 16.8. The second kappa shape index (κ2) is 52.5. The maximum absolute atomic E-state index is 12.8. The van der Waals surface area contributed by atoms with Crippen molar-refractivity contribution in [3.8, 4) is 0 Å². The van der Waals surface area contributed by atoms with E-state index >= 15 is 0 Å². The molecule has 1 atom stereocenters. The Bertz CT molecular complexity index is 1210. The van der Waals surface area contributed by atoms with Gasteiger partial charge in [0.05, 0.1) is 0 Å². The molecule has 0 saturated heterocycles. The first-order valence-corrected chi connectivity index (χ1v) is 27.0. The molecule has 0 aliphatic carbocycles. The van der Waals surface area contributed by atoms with Crippen LogP contribution in [0, 0.1) is 0 Å². The molecule has 0 rings (SSSR count). The number of carbonyl (C=O) groups excluding carboxylic acids is 3. The number of rotatable bonds is 48. The van der Waals surface area contributed by atoms with Crippen molar-refractivity contribution >= 4 is 17.9 Å². The number of hydrogen-bond acceptors (Lipinski definition) is 6. The fourth-order valence-electron chi connectivity index (χ4n) is 7.41. The fourth-order valence-corrected chi connectivity index (χ4v) is 7.41. The topological polar surface area (TPSA) is 78.9 Å². The number of unbranched alkanes of at least 4 members (excludes halogenated alkanes) is 26. The summed E-state index contributed by atoms with van der Waals surface area (Å²) in [6, 6.07) is 0. The third-order valence-corrected chi connectivity index (χ3v) is 11.5. The van der Waals surface area contributed by atoms with Crippen LogP contribution in [0.4, 0.5) is 0 Å². The van der Waals surface area contributed by atoms with Gasteiger partial charge in [-0.15, -0.1) is 0 Å². The summed E-state index contributed by atoms with van der Waals surface area (Å²) in [5.74, 6) is -0.976. The van der Waals surface area contributed by atoms with Gasteiger partial charge in [-0.25, -0.2) is 0 Å². The smallest absolute Gasteiger partial charge is 0.306 e. The predicted octanol–water partition coefficient (Wildman–Crippen LogP) is 17.8. The molecular weight excluding hydrogens is 793 g/mol. The normalized spacial score (nSPS) is 12.6. The van der Waals surface area contributed by atoms with Crippen molar-refractivity contribution in [1.29, 1.82) is 0 Å². The van der Waals surface area contributed by atoms with Crippen LogP contribution < -0.4 is 0 Å². The molecule has 6 nitrogen and oxygen atoms in total. The number of hydrogen-bond donors (Lipinski definition) is 0. The van der Waals surface area contributed by atoms with E-state index in [4.69, 9.17) is 14.2 Å². The first-order valence-electron chi connectivity index (χ1n) is 27.0. The van der Waals surface area contributed by atoms with Gasteiger partial charge in [-0.1, -0.05) is 222 Å². The second-order valence-electron chi connectivity index (χ2n) is 17.8.